The number of esters is 1. The Kier molecular flexibility index (Phi) is 8.70. The first-order valence-electron chi connectivity index (χ1n) is 12.0. The molecular weight excluding hydrogens is 506 g/mol. The first kappa shape index (κ1) is 26.8. The predicted octanol–water partition coefficient (Wildman–Crippen LogP) is 5.74. The zero-order chi connectivity index (χ0) is 27.1. The van der Waals surface area contributed by atoms with Gasteiger partial charge >= 0.3 is 5.97 Å². The van der Waals surface area contributed by atoms with Gasteiger partial charge in [-0.3, -0.25) is 14.5 Å². The molecule has 0 unspecified atom stereocenters. The van der Waals surface area contributed by atoms with E-state index < -0.39 is 5.97 Å². The molecule has 0 radical (unpaired) electrons. The van der Waals surface area contributed by atoms with Gasteiger partial charge in [0.05, 0.1) is 30.7 Å². The molecular formula is C29H27NO7S. The van der Waals surface area contributed by atoms with Crippen LogP contribution in [-0.4, -0.2) is 48.9 Å². The highest BCUT2D eigenvalue weighted by molar-refractivity contribution is 8.18. The fourth-order valence-electron chi connectivity index (χ4n) is 3.59. The smallest absolute Gasteiger partial charge is 0.343 e. The molecule has 2 amide bonds. The highest BCUT2D eigenvalue weighted by Crippen LogP contribution is 2.35. The first-order valence-corrected chi connectivity index (χ1v) is 12.8. The summed E-state index contributed by atoms with van der Waals surface area (Å²) in [5, 5.41) is -0.358. The van der Waals surface area contributed by atoms with Gasteiger partial charge in [-0.15, -0.1) is 0 Å². The highest BCUT2D eigenvalue weighted by atomic mass is 32.2. The number of aryl methyl sites for hydroxylation is 1. The molecule has 196 valence electrons. The highest BCUT2D eigenvalue weighted by Gasteiger charge is 2.34. The molecule has 1 saturated heterocycles. The van der Waals surface area contributed by atoms with Gasteiger partial charge < -0.3 is 18.9 Å². The number of benzene rings is 3. The molecule has 0 aliphatic carbocycles. The van der Waals surface area contributed by atoms with E-state index in [2.05, 4.69) is 0 Å². The lowest BCUT2D eigenvalue weighted by atomic mass is 10.1. The number of rotatable bonds is 10. The van der Waals surface area contributed by atoms with E-state index in [-0.39, 0.29) is 35.0 Å². The normalized spacial score (nSPS) is 14.1. The van der Waals surface area contributed by atoms with Gasteiger partial charge in [-0.05, 0) is 85.8 Å². The summed E-state index contributed by atoms with van der Waals surface area (Å²) < 4.78 is 22.0. The standard InChI is InChI=1S/C29H27NO7S/c1-4-35-25-17-20(7-14-24(25)37-28(32)21-8-12-22(34-3)13-9-21)18-26-27(31)30(29(33)38-26)15-16-36-23-10-5-19(2)6-11-23/h5-14,17-18H,4,15-16H2,1-3H3/b26-18-. The minimum atomic E-state index is -0.546. The number of thioether (sulfide) groups is 1. The van der Waals surface area contributed by atoms with Crippen molar-refractivity contribution in [3.8, 4) is 23.0 Å². The summed E-state index contributed by atoms with van der Waals surface area (Å²) in [6, 6.07) is 19.1. The monoisotopic (exact) mass is 533 g/mol. The number of hydrogen-bond donors (Lipinski definition) is 0. The van der Waals surface area contributed by atoms with Crippen molar-refractivity contribution < 1.29 is 33.3 Å². The molecule has 0 saturated carbocycles. The minimum Gasteiger partial charge on any atom is -0.497 e. The molecule has 0 aromatic heterocycles. The molecule has 3 aromatic carbocycles. The van der Waals surface area contributed by atoms with Gasteiger partial charge in [0.15, 0.2) is 11.5 Å². The molecule has 3 aromatic rings. The fourth-order valence-corrected chi connectivity index (χ4v) is 4.45. The summed E-state index contributed by atoms with van der Waals surface area (Å²) in [7, 11) is 1.55. The molecule has 0 bridgehead atoms. The van der Waals surface area contributed by atoms with Gasteiger partial charge in [-0.1, -0.05) is 23.8 Å². The summed E-state index contributed by atoms with van der Waals surface area (Å²) in [5.74, 6) is 0.953. The van der Waals surface area contributed by atoms with Gasteiger partial charge in [0.25, 0.3) is 11.1 Å². The van der Waals surface area contributed by atoms with Gasteiger partial charge in [-0.2, -0.15) is 0 Å². The average Bonchev–Trinajstić information content (AvgIpc) is 3.18. The van der Waals surface area contributed by atoms with E-state index in [0.29, 0.717) is 35.0 Å². The molecule has 1 aliphatic heterocycles. The molecule has 9 heteroatoms. The van der Waals surface area contributed by atoms with Crippen LogP contribution in [0.1, 0.15) is 28.4 Å². The van der Waals surface area contributed by atoms with E-state index in [0.717, 1.165) is 17.3 Å². The third kappa shape index (κ3) is 6.54. The second-order valence-corrected chi connectivity index (χ2v) is 9.25. The summed E-state index contributed by atoms with van der Waals surface area (Å²) in [6.07, 6.45) is 1.61. The maximum Gasteiger partial charge on any atom is 0.343 e. The quantitative estimate of drug-likeness (QED) is 0.185. The number of hydrogen-bond acceptors (Lipinski definition) is 8. The maximum absolute atomic E-state index is 12.9. The van der Waals surface area contributed by atoms with Crippen LogP contribution in [0.3, 0.4) is 0 Å². The van der Waals surface area contributed by atoms with E-state index in [1.54, 1.807) is 55.7 Å². The van der Waals surface area contributed by atoms with Crippen molar-refractivity contribution in [2.24, 2.45) is 0 Å². The van der Waals surface area contributed by atoms with Crippen LogP contribution in [0.2, 0.25) is 0 Å². The van der Waals surface area contributed by atoms with Crippen LogP contribution in [0.5, 0.6) is 23.0 Å². The Balaban J connectivity index is 1.43. The Morgan fingerprint density at radius 3 is 2.32 bits per heavy atom. The number of carbonyl (C=O) groups is 3. The Labute approximate surface area is 225 Å². The molecule has 1 aliphatic rings. The third-order valence-electron chi connectivity index (χ3n) is 5.57. The molecule has 8 nitrogen and oxygen atoms in total. The lowest BCUT2D eigenvalue weighted by Gasteiger charge is -2.13. The van der Waals surface area contributed by atoms with Crippen LogP contribution in [-0.2, 0) is 4.79 Å². The van der Waals surface area contributed by atoms with Crippen molar-refractivity contribution in [2.75, 3.05) is 26.9 Å². The van der Waals surface area contributed by atoms with Crippen LogP contribution in [0.4, 0.5) is 4.79 Å². The Morgan fingerprint density at radius 1 is 0.921 bits per heavy atom. The zero-order valence-electron chi connectivity index (χ0n) is 21.3. The van der Waals surface area contributed by atoms with E-state index in [4.69, 9.17) is 18.9 Å². The van der Waals surface area contributed by atoms with E-state index in [1.807, 2.05) is 38.1 Å². The number of methoxy groups -OCH3 is 1. The van der Waals surface area contributed by atoms with E-state index >= 15 is 0 Å². The molecule has 0 N–H and O–H groups in total. The number of amides is 2. The molecule has 0 atom stereocenters. The molecule has 38 heavy (non-hydrogen) atoms. The van der Waals surface area contributed by atoms with Crippen molar-refractivity contribution in [3.63, 3.8) is 0 Å². The summed E-state index contributed by atoms with van der Waals surface area (Å²) in [5.41, 5.74) is 2.10. The van der Waals surface area contributed by atoms with Gasteiger partial charge in [-0.25, -0.2) is 4.79 Å². The van der Waals surface area contributed by atoms with Crippen LogP contribution in [0.25, 0.3) is 6.08 Å². The second-order valence-electron chi connectivity index (χ2n) is 8.25. The van der Waals surface area contributed by atoms with Crippen LogP contribution in [0.15, 0.2) is 71.6 Å². The van der Waals surface area contributed by atoms with Crippen molar-refractivity contribution in [3.05, 3.63) is 88.3 Å². The molecule has 1 heterocycles. The zero-order valence-corrected chi connectivity index (χ0v) is 22.1. The number of nitrogens with zero attached hydrogens (tertiary/aromatic N) is 1. The van der Waals surface area contributed by atoms with Gasteiger partial charge in [0, 0.05) is 0 Å². The number of imide groups is 1. The largest absolute Gasteiger partial charge is 0.497 e. The third-order valence-corrected chi connectivity index (χ3v) is 6.48. The SMILES string of the molecule is CCOc1cc(/C=C2\SC(=O)N(CCOc3ccc(C)cc3)C2=O)ccc1OC(=O)c1ccc(OC)cc1. The second kappa shape index (κ2) is 12.3. The van der Waals surface area contributed by atoms with Crippen LogP contribution in [0, 0.1) is 6.92 Å². The molecule has 1 fully saturated rings. The van der Waals surface area contributed by atoms with Crippen LogP contribution < -0.4 is 18.9 Å². The van der Waals surface area contributed by atoms with Crippen LogP contribution >= 0.6 is 11.8 Å². The Hall–Kier alpha value is -4.24. The van der Waals surface area contributed by atoms with Crippen molar-refractivity contribution in [1.82, 2.24) is 4.90 Å². The topological polar surface area (TPSA) is 91.4 Å². The van der Waals surface area contributed by atoms with Gasteiger partial charge in [0.2, 0.25) is 0 Å². The molecule has 0 spiro atoms. The van der Waals surface area contributed by atoms with Crippen molar-refractivity contribution in [1.29, 1.82) is 0 Å². The lowest BCUT2D eigenvalue weighted by Crippen LogP contribution is -2.32. The number of carbonyl (C=O) groups excluding carboxylic acids is 3. The lowest BCUT2D eigenvalue weighted by molar-refractivity contribution is -0.123. The van der Waals surface area contributed by atoms with Crippen molar-refractivity contribution >= 4 is 35.0 Å². The number of ether oxygens (including phenoxy) is 4. The fraction of sp³-hybridized carbons (Fsp3) is 0.207. The molecule has 4 rings (SSSR count). The summed E-state index contributed by atoms with van der Waals surface area (Å²) >= 11 is 0.866. The maximum atomic E-state index is 12.9. The predicted molar refractivity (Wildman–Crippen MR) is 145 cm³/mol. The van der Waals surface area contributed by atoms with E-state index in [1.165, 1.54) is 4.90 Å². The Bertz CT molecular complexity index is 1350. The minimum absolute atomic E-state index is 0.139. The summed E-state index contributed by atoms with van der Waals surface area (Å²) in [6.45, 7) is 4.47. The first-order chi connectivity index (χ1) is 18.4. The van der Waals surface area contributed by atoms with Crippen molar-refractivity contribution in [2.45, 2.75) is 13.8 Å². The summed E-state index contributed by atoms with van der Waals surface area (Å²) in [4.78, 5) is 39.4. The Morgan fingerprint density at radius 2 is 1.63 bits per heavy atom. The van der Waals surface area contributed by atoms with Gasteiger partial charge in [0.1, 0.15) is 18.1 Å². The average molecular weight is 534 g/mol. The van der Waals surface area contributed by atoms with E-state index in [9.17, 15) is 14.4 Å².